The highest BCUT2D eigenvalue weighted by atomic mass is 19.4. The lowest BCUT2D eigenvalue weighted by atomic mass is 9.90. The number of hydrogen-bond acceptors (Lipinski definition) is 5. The molecule has 1 aromatic carbocycles. The highest BCUT2D eigenvalue weighted by Gasteiger charge is 2.43. The Morgan fingerprint density at radius 2 is 1.87 bits per heavy atom. The molecule has 3 rings (SSSR count). The van der Waals surface area contributed by atoms with Crippen molar-refractivity contribution in [3.8, 4) is 0 Å². The van der Waals surface area contributed by atoms with E-state index in [1.54, 1.807) is 18.7 Å². The minimum Gasteiger partial charge on any atom is -0.463 e. The van der Waals surface area contributed by atoms with Crippen LogP contribution in [-0.4, -0.2) is 84.1 Å². The molecule has 0 saturated carbocycles. The Labute approximate surface area is 221 Å². The number of nitrogens with zero attached hydrogens (tertiary/aromatic N) is 3. The smallest absolute Gasteiger partial charge is 0.416 e. The van der Waals surface area contributed by atoms with Crippen molar-refractivity contribution in [3.63, 3.8) is 0 Å². The largest absolute Gasteiger partial charge is 0.463 e. The van der Waals surface area contributed by atoms with E-state index in [1.165, 1.54) is 23.1 Å². The van der Waals surface area contributed by atoms with Gasteiger partial charge in [0.15, 0.2) is 0 Å². The van der Waals surface area contributed by atoms with Gasteiger partial charge in [-0.2, -0.15) is 13.2 Å². The fraction of sp³-hybridized carbons (Fsp3) is 0.577. The van der Waals surface area contributed by atoms with Crippen molar-refractivity contribution >= 4 is 18.0 Å². The standard InChI is InChI=1S/C26H36F3N5O4/c1-6-33-20(15-32-12-13-34(17(5)14-32)24(36)30-16(3)4)21(23(35)38-7-2)22(31-25(33)37)18-10-8-9-11-19(18)26(27,28)29/h8-11,16-17,22H,6-7,12-15H2,1-5H3,(H,30,36)(H,31,37)/t17-,22-/m1/s1. The van der Waals surface area contributed by atoms with Crippen molar-refractivity contribution in [1.82, 2.24) is 25.3 Å². The molecule has 210 valence electrons. The van der Waals surface area contributed by atoms with Crippen LogP contribution in [0.1, 0.15) is 51.8 Å². The molecule has 2 aliphatic heterocycles. The molecule has 2 heterocycles. The first-order valence-corrected chi connectivity index (χ1v) is 12.8. The van der Waals surface area contributed by atoms with Gasteiger partial charge in [0.2, 0.25) is 0 Å². The summed E-state index contributed by atoms with van der Waals surface area (Å²) in [6.45, 7) is 10.7. The number of esters is 1. The number of urea groups is 2. The van der Waals surface area contributed by atoms with E-state index in [0.29, 0.717) is 25.3 Å². The lowest BCUT2D eigenvalue weighted by Crippen LogP contribution is -2.58. The fourth-order valence-corrected chi connectivity index (χ4v) is 4.92. The number of hydrogen-bond donors (Lipinski definition) is 2. The molecule has 1 saturated heterocycles. The van der Waals surface area contributed by atoms with Crippen LogP contribution in [0.15, 0.2) is 35.5 Å². The van der Waals surface area contributed by atoms with Crippen molar-refractivity contribution in [2.24, 2.45) is 0 Å². The first-order chi connectivity index (χ1) is 17.9. The predicted octanol–water partition coefficient (Wildman–Crippen LogP) is 3.73. The van der Waals surface area contributed by atoms with Gasteiger partial charge in [-0.1, -0.05) is 18.2 Å². The Bertz CT molecular complexity index is 1080. The second-order valence-electron chi connectivity index (χ2n) is 9.67. The van der Waals surface area contributed by atoms with Gasteiger partial charge in [0.25, 0.3) is 0 Å². The molecule has 0 aromatic heterocycles. The lowest BCUT2D eigenvalue weighted by Gasteiger charge is -2.43. The minimum absolute atomic E-state index is 0.0135. The Morgan fingerprint density at radius 3 is 2.45 bits per heavy atom. The van der Waals surface area contributed by atoms with Gasteiger partial charge in [0, 0.05) is 50.5 Å². The summed E-state index contributed by atoms with van der Waals surface area (Å²) in [6.07, 6.45) is -4.69. The SMILES string of the molecule is CCOC(=O)C1=C(CN2CCN(C(=O)NC(C)C)[C@H](C)C2)N(CC)C(=O)N[C@@H]1c1ccccc1C(F)(F)F. The van der Waals surface area contributed by atoms with Gasteiger partial charge in [0.05, 0.1) is 23.8 Å². The van der Waals surface area contributed by atoms with E-state index in [2.05, 4.69) is 10.6 Å². The highest BCUT2D eigenvalue weighted by Crippen LogP contribution is 2.39. The van der Waals surface area contributed by atoms with E-state index in [0.717, 1.165) is 6.07 Å². The molecule has 12 heteroatoms. The fourth-order valence-electron chi connectivity index (χ4n) is 4.92. The summed E-state index contributed by atoms with van der Waals surface area (Å²) in [5.41, 5.74) is -0.899. The number of amides is 4. The van der Waals surface area contributed by atoms with Gasteiger partial charge in [-0.3, -0.25) is 9.80 Å². The highest BCUT2D eigenvalue weighted by molar-refractivity contribution is 5.95. The maximum absolute atomic E-state index is 13.9. The third-order valence-corrected chi connectivity index (χ3v) is 6.59. The molecule has 2 aliphatic rings. The summed E-state index contributed by atoms with van der Waals surface area (Å²) in [5.74, 6) is -0.786. The average Bonchev–Trinajstić information content (AvgIpc) is 2.83. The van der Waals surface area contributed by atoms with Gasteiger partial charge in [-0.15, -0.1) is 0 Å². The number of rotatable bonds is 7. The molecule has 4 amide bonds. The average molecular weight is 540 g/mol. The third-order valence-electron chi connectivity index (χ3n) is 6.59. The molecule has 0 radical (unpaired) electrons. The maximum Gasteiger partial charge on any atom is 0.416 e. The molecule has 0 spiro atoms. The Hall–Kier alpha value is -3.28. The minimum atomic E-state index is -4.69. The summed E-state index contributed by atoms with van der Waals surface area (Å²) < 4.78 is 47.0. The van der Waals surface area contributed by atoms with Crippen LogP contribution < -0.4 is 10.6 Å². The van der Waals surface area contributed by atoms with Crippen LogP contribution >= 0.6 is 0 Å². The maximum atomic E-state index is 13.9. The molecule has 2 N–H and O–H groups in total. The predicted molar refractivity (Wildman–Crippen MR) is 135 cm³/mol. The van der Waals surface area contributed by atoms with Crippen molar-refractivity contribution < 1.29 is 32.3 Å². The number of likely N-dealkylation sites (N-methyl/N-ethyl adjacent to an activating group) is 1. The molecule has 0 unspecified atom stereocenters. The number of carbonyl (C=O) groups excluding carboxylic acids is 3. The summed E-state index contributed by atoms with van der Waals surface area (Å²) in [5, 5.41) is 5.48. The Morgan fingerprint density at radius 1 is 1.18 bits per heavy atom. The molecule has 9 nitrogen and oxygen atoms in total. The van der Waals surface area contributed by atoms with Gasteiger partial charge in [-0.25, -0.2) is 14.4 Å². The second-order valence-corrected chi connectivity index (χ2v) is 9.67. The summed E-state index contributed by atoms with van der Waals surface area (Å²) in [6, 6.07) is 2.61. The Balaban J connectivity index is 2.03. The van der Waals surface area contributed by atoms with Crippen LogP contribution in [0.2, 0.25) is 0 Å². The van der Waals surface area contributed by atoms with E-state index in [9.17, 15) is 27.6 Å². The van der Waals surface area contributed by atoms with Crippen molar-refractivity contribution in [3.05, 3.63) is 46.7 Å². The molecule has 38 heavy (non-hydrogen) atoms. The Kier molecular flexibility index (Phi) is 9.29. The summed E-state index contributed by atoms with van der Waals surface area (Å²) >= 11 is 0. The van der Waals surface area contributed by atoms with E-state index in [-0.39, 0.29) is 48.9 Å². The van der Waals surface area contributed by atoms with Crippen molar-refractivity contribution in [1.29, 1.82) is 0 Å². The van der Waals surface area contributed by atoms with E-state index >= 15 is 0 Å². The van der Waals surface area contributed by atoms with E-state index in [4.69, 9.17) is 4.74 Å². The molecular weight excluding hydrogens is 503 g/mol. The number of alkyl halides is 3. The molecular formula is C26H36F3N5O4. The number of piperazine rings is 1. The number of halogens is 3. The van der Waals surface area contributed by atoms with Gasteiger partial charge < -0.3 is 20.3 Å². The van der Waals surface area contributed by atoms with Crippen LogP contribution in [0, 0.1) is 0 Å². The topological polar surface area (TPSA) is 94.2 Å². The van der Waals surface area contributed by atoms with Crippen LogP contribution in [-0.2, 0) is 15.7 Å². The molecule has 1 fully saturated rings. The number of benzene rings is 1. The summed E-state index contributed by atoms with van der Waals surface area (Å²) in [4.78, 5) is 44.0. The third kappa shape index (κ3) is 6.40. The van der Waals surface area contributed by atoms with Crippen molar-refractivity contribution in [2.75, 3.05) is 39.3 Å². The normalized spacial score (nSPS) is 21.0. The van der Waals surface area contributed by atoms with E-state index in [1.807, 2.05) is 25.7 Å². The van der Waals surface area contributed by atoms with Crippen LogP contribution in [0.4, 0.5) is 22.8 Å². The number of ether oxygens (including phenoxy) is 1. The first kappa shape index (κ1) is 29.3. The van der Waals surface area contributed by atoms with Crippen LogP contribution in [0.25, 0.3) is 0 Å². The van der Waals surface area contributed by atoms with Gasteiger partial charge in [-0.05, 0) is 46.2 Å². The van der Waals surface area contributed by atoms with Crippen molar-refractivity contribution in [2.45, 2.75) is 58.9 Å². The zero-order chi connectivity index (χ0) is 28.2. The molecule has 1 aromatic rings. The molecule has 0 bridgehead atoms. The second kappa shape index (κ2) is 12.1. The van der Waals surface area contributed by atoms with E-state index < -0.39 is 29.8 Å². The quantitative estimate of drug-likeness (QED) is 0.515. The zero-order valence-electron chi connectivity index (χ0n) is 22.4. The number of nitrogens with one attached hydrogen (secondary N) is 2. The lowest BCUT2D eigenvalue weighted by molar-refractivity contribution is -0.141. The van der Waals surface area contributed by atoms with Crippen LogP contribution in [0.3, 0.4) is 0 Å². The van der Waals surface area contributed by atoms with Gasteiger partial charge >= 0.3 is 24.2 Å². The van der Waals surface area contributed by atoms with Gasteiger partial charge in [0.1, 0.15) is 0 Å². The first-order valence-electron chi connectivity index (χ1n) is 12.8. The van der Waals surface area contributed by atoms with Crippen LogP contribution in [0.5, 0.6) is 0 Å². The summed E-state index contributed by atoms with van der Waals surface area (Å²) in [7, 11) is 0. The zero-order valence-corrected chi connectivity index (χ0v) is 22.4. The monoisotopic (exact) mass is 539 g/mol. The number of carbonyl (C=O) groups is 3. The molecule has 0 aliphatic carbocycles. The molecule has 2 atom stereocenters.